The highest BCUT2D eigenvalue weighted by Crippen LogP contribution is 2.32. The molecule has 4 heteroatoms. The zero-order chi connectivity index (χ0) is 23.5. The minimum atomic E-state index is -0.350. The fraction of sp³-hybridized carbons (Fsp3) is 0.552. The summed E-state index contributed by atoms with van der Waals surface area (Å²) in [6.45, 7) is 4.97. The first-order valence-electron chi connectivity index (χ1n) is 12.8. The molecule has 1 saturated carbocycles. The Hall–Kier alpha value is -2.36. The van der Waals surface area contributed by atoms with Crippen LogP contribution < -0.4 is 9.47 Å². The number of halogens is 1. The van der Waals surface area contributed by atoms with Crippen LogP contribution in [-0.4, -0.2) is 12.6 Å². The maximum Gasteiger partial charge on any atom is 0.314 e. The van der Waals surface area contributed by atoms with Crippen molar-refractivity contribution >= 4 is 5.97 Å². The predicted molar refractivity (Wildman–Crippen MR) is 132 cm³/mol. The van der Waals surface area contributed by atoms with Crippen LogP contribution in [0, 0.1) is 17.7 Å². The van der Waals surface area contributed by atoms with Crippen molar-refractivity contribution in [2.24, 2.45) is 11.8 Å². The van der Waals surface area contributed by atoms with E-state index in [2.05, 4.69) is 13.8 Å². The minimum Gasteiger partial charge on any atom is -0.491 e. The minimum absolute atomic E-state index is 0.00505. The van der Waals surface area contributed by atoms with Crippen molar-refractivity contribution < 1.29 is 18.7 Å². The summed E-state index contributed by atoms with van der Waals surface area (Å²) in [5, 5.41) is 0. The van der Waals surface area contributed by atoms with Crippen molar-refractivity contribution in [3.63, 3.8) is 0 Å². The SMILES string of the molecule is CCCCCCCCOc1ccc(-c2ccc(OC(=O)C3CCC(CC)CC3)cc2)cc1F. The summed E-state index contributed by atoms with van der Waals surface area (Å²) in [4.78, 5) is 12.5. The zero-order valence-electron chi connectivity index (χ0n) is 20.3. The monoisotopic (exact) mass is 454 g/mol. The van der Waals surface area contributed by atoms with Gasteiger partial charge in [0.05, 0.1) is 12.5 Å². The Morgan fingerprint density at radius 1 is 0.879 bits per heavy atom. The maximum absolute atomic E-state index is 14.5. The number of carbonyl (C=O) groups is 1. The molecule has 0 N–H and O–H groups in total. The fourth-order valence-electron chi connectivity index (χ4n) is 4.58. The molecule has 0 aliphatic heterocycles. The molecule has 3 rings (SSSR count). The molecule has 2 aromatic carbocycles. The molecule has 0 amide bonds. The lowest BCUT2D eigenvalue weighted by atomic mass is 9.81. The molecule has 0 spiro atoms. The van der Waals surface area contributed by atoms with Crippen molar-refractivity contribution in [3.05, 3.63) is 48.3 Å². The Bertz CT molecular complexity index is 854. The summed E-state index contributed by atoms with van der Waals surface area (Å²) in [6, 6.07) is 12.4. The van der Waals surface area contributed by atoms with E-state index in [1.54, 1.807) is 18.2 Å². The van der Waals surface area contributed by atoms with Crippen LogP contribution in [0.2, 0.25) is 0 Å². The summed E-state index contributed by atoms with van der Waals surface area (Å²) in [5.41, 5.74) is 1.65. The number of esters is 1. The van der Waals surface area contributed by atoms with Crippen LogP contribution in [-0.2, 0) is 4.79 Å². The van der Waals surface area contributed by atoms with E-state index in [1.807, 2.05) is 18.2 Å². The number of unbranched alkanes of at least 4 members (excludes halogenated alkanes) is 5. The van der Waals surface area contributed by atoms with E-state index in [1.165, 1.54) is 38.2 Å². The van der Waals surface area contributed by atoms with Gasteiger partial charge >= 0.3 is 5.97 Å². The van der Waals surface area contributed by atoms with Gasteiger partial charge in [-0.1, -0.05) is 70.6 Å². The molecule has 1 aliphatic rings. The molecule has 3 nitrogen and oxygen atoms in total. The Labute approximate surface area is 198 Å². The second-order valence-corrected chi connectivity index (χ2v) is 9.33. The normalized spacial score (nSPS) is 18.2. The molecule has 0 saturated heterocycles. The van der Waals surface area contributed by atoms with Gasteiger partial charge in [-0.3, -0.25) is 4.79 Å². The lowest BCUT2D eigenvalue weighted by molar-refractivity contribution is -0.140. The molecule has 0 atom stereocenters. The van der Waals surface area contributed by atoms with Gasteiger partial charge in [0.2, 0.25) is 0 Å². The molecule has 180 valence electrons. The molecule has 33 heavy (non-hydrogen) atoms. The van der Waals surface area contributed by atoms with Gasteiger partial charge in [-0.2, -0.15) is 0 Å². The lowest BCUT2D eigenvalue weighted by Crippen LogP contribution is -2.25. The molecule has 0 bridgehead atoms. The number of rotatable bonds is 12. The Morgan fingerprint density at radius 2 is 1.55 bits per heavy atom. The summed E-state index contributed by atoms with van der Waals surface area (Å²) >= 11 is 0. The van der Waals surface area contributed by atoms with Crippen molar-refractivity contribution in [3.8, 4) is 22.6 Å². The first-order chi connectivity index (χ1) is 16.1. The highest BCUT2D eigenvalue weighted by atomic mass is 19.1. The van der Waals surface area contributed by atoms with Crippen LogP contribution in [0.25, 0.3) is 11.1 Å². The van der Waals surface area contributed by atoms with Crippen molar-refractivity contribution in [2.45, 2.75) is 84.5 Å². The molecule has 1 fully saturated rings. The summed E-state index contributed by atoms with van der Waals surface area (Å²) in [5.74, 6) is 1.12. The number of carbonyl (C=O) groups excluding carboxylic acids is 1. The molecular weight excluding hydrogens is 415 g/mol. The van der Waals surface area contributed by atoms with Crippen molar-refractivity contribution in [2.75, 3.05) is 6.61 Å². The first-order valence-corrected chi connectivity index (χ1v) is 12.8. The maximum atomic E-state index is 14.5. The van der Waals surface area contributed by atoms with Crippen molar-refractivity contribution in [1.29, 1.82) is 0 Å². The van der Waals surface area contributed by atoms with E-state index in [4.69, 9.17) is 9.47 Å². The van der Waals surface area contributed by atoms with Crippen LogP contribution in [0.15, 0.2) is 42.5 Å². The van der Waals surface area contributed by atoms with Gasteiger partial charge < -0.3 is 9.47 Å². The van der Waals surface area contributed by atoms with Crippen LogP contribution in [0.5, 0.6) is 11.5 Å². The highest BCUT2D eigenvalue weighted by molar-refractivity contribution is 5.75. The number of hydrogen-bond donors (Lipinski definition) is 0. The van der Waals surface area contributed by atoms with Gasteiger partial charge in [0, 0.05) is 0 Å². The van der Waals surface area contributed by atoms with E-state index in [-0.39, 0.29) is 17.7 Å². The standard InChI is InChI=1S/C29H39FO3/c1-3-5-6-7-8-9-20-32-28-19-16-25(21-27(28)30)23-14-17-26(18-15-23)33-29(31)24-12-10-22(4-2)11-13-24/h14-19,21-22,24H,3-13,20H2,1-2H3. The molecule has 0 aromatic heterocycles. The van der Waals surface area contributed by atoms with Crippen LogP contribution in [0.4, 0.5) is 4.39 Å². The van der Waals surface area contributed by atoms with Crippen LogP contribution >= 0.6 is 0 Å². The quantitative estimate of drug-likeness (QED) is 0.184. The van der Waals surface area contributed by atoms with E-state index in [0.29, 0.717) is 18.1 Å². The third-order valence-corrected chi connectivity index (χ3v) is 6.85. The Balaban J connectivity index is 1.48. The first kappa shape index (κ1) is 25.3. The van der Waals surface area contributed by atoms with E-state index in [0.717, 1.165) is 55.6 Å². The van der Waals surface area contributed by atoms with Crippen LogP contribution in [0.3, 0.4) is 0 Å². The number of benzene rings is 2. The third kappa shape index (κ3) is 7.87. The lowest BCUT2D eigenvalue weighted by Gasteiger charge is -2.26. The molecular formula is C29H39FO3. The van der Waals surface area contributed by atoms with Gasteiger partial charge in [0.1, 0.15) is 5.75 Å². The average Bonchev–Trinajstić information content (AvgIpc) is 2.85. The highest BCUT2D eigenvalue weighted by Gasteiger charge is 2.27. The smallest absolute Gasteiger partial charge is 0.314 e. The summed E-state index contributed by atoms with van der Waals surface area (Å²) < 4.78 is 25.8. The van der Waals surface area contributed by atoms with Crippen LogP contribution in [0.1, 0.15) is 84.5 Å². The third-order valence-electron chi connectivity index (χ3n) is 6.85. The number of hydrogen-bond acceptors (Lipinski definition) is 3. The molecule has 0 heterocycles. The zero-order valence-corrected chi connectivity index (χ0v) is 20.3. The van der Waals surface area contributed by atoms with Crippen molar-refractivity contribution in [1.82, 2.24) is 0 Å². The topological polar surface area (TPSA) is 35.5 Å². The second kappa shape index (κ2) is 13.4. The largest absolute Gasteiger partial charge is 0.491 e. The van der Waals surface area contributed by atoms with Gasteiger partial charge in [0.15, 0.2) is 11.6 Å². The second-order valence-electron chi connectivity index (χ2n) is 9.33. The fourth-order valence-corrected chi connectivity index (χ4v) is 4.58. The van der Waals surface area contributed by atoms with Gasteiger partial charge in [-0.25, -0.2) is 4.39 Å². The van der Waals surface area contributed by atoms with Gasteiger partial charge in [-0.05, 0) is 73.4 Å². The van der Waals surface area contributed by atoms with E-state index >= 15 is 0 Å². The van der Waals surface area contributed by atoms with E-state index < -0.39 is 0 Å². The molecule has 0 unspecified atom stereocenters. The number of ether oxygens (including phenoxy) is 2. The Morgan fingerprint density at radius 3 is 2.21 bits per heavy atom. The predicted octanol–water partition coefficient (Wildman–Crippen LogP) is 8.35. The molecule has 2 aromatic rings. The summed E-state index contributed by atoms with van der Waals surface area (Å²) in [6.07, 6.45) is 12.3. The van der Waals surface area contributed by atoms with Gasteiger partial charge in [0.25, 0.3) is 0 Å². The van der Waals surface area contributed by atoms with E-state index in [9.17, 15) is 9.18 Å². The Kier molecular flexibility index (Phi) is 10.2. The summed E-state index contributed by atoms with van der Waals surface area (Å²) in [7, 11) is 0. The molecule has 1 aliphatic carbocycles. The molecule has 0 radical (unpaired) electrons. The average molecular weight is 455 g/mol. The van der Waals surface area contributed by atoms with Gasteiger partial charge in [-0.15, -0.1) is 0 Å².